The Hall–Kier alpha value is -3.13. The summed E-state index contributed by atoms with van der Waals surface area (Å²) >= 11 is 0. The van der Waals surface area contributed by atoms with Crippen LogP contribution in [0.25, 0.3) is 0 Å². The molecule has 0 fully saturated rings. The molecule has 0 radical (unpaired) electrons. The highest BCUT2D eigenvalue weighted by Crippen LogP contribution is 2.21. The third kappa shape index (κ3) is 4.35. The van der Waals surface area contributed by atoms with Crippen LogP contribution in [0.3, 0.4) is 0 Å². The third-order valence-corrected chi connectivity index (χ3v) is 5.28. The van der Waals surface area contributed by atoms with Crippen molar-refractivity contribution < 1.29 is 17.7 Å². The smallest absolute Gasteiger partial charge is 0.261 e. The van der Waals surface area contributed by atoms with Crippen molar-refractivity contribution in [3.63, 3.8) is 0 Å². The van der Waals surface area contributed by atoms with Crippen molar-refractivity contribution in [3.8, 4) is 0 Å². The summed E-state index contributed by atoms with van der Waals surface area (Å²) in [5, 5.41) is 6.31. The molecule has 0 aliphatic rings. The Morgan fingerprint density at radius 2 is 1.81 bits per heavy atom. The molecule has 1 heterocycles. The summed E-state index contributed by atoms with van der Waals surface area (Å²) < 4.78 is 32.8. The maximum Gasteiger partial charge on any atom is 0.261 e. The molecule has 1 amide bonds. The fourth-order valence-electron chi connectivity index (χ4n) is 2.54. The zero-order valence-corrected chi connectivity index (χ0v) is 15.9. The van der Waals surface area contributed by atoms with E-state index >= 15 is 0 Å². The van der Waals surface area contributed by atoms with Gasteiger partial charge in [0.05, 0.1) is 4.90 Å². The molecule has 2 N–H and O–H groups in total. The normalized spacial score (nSPS) is 11.2. The van der Waals surface area contributed by atoms with E-state index in [-0.39, 0.29) is 16.3 Å². The number of benzene rings is 2. The van der Waals surface area contributed by atoms with Gasteiger partial charge in [0.15, 0.2) is 5.82 Å². The van der Waals surface area contributed by atoms with Gasteiger partial charge in [-0.25, -0.2) is 8.42 Å². The number of anilines is 2. The monoisotopic (exact) mass is 385 g/mol. The molecule has 0 bridgehead atoms. The van der Waals surface area contributed by atoms with E-state index in [0.717, 1.165) is 5.56 Å². The number of amides is 1. The van der Waals surface area contributed by atoms with Crippen LogP contribution in [0.4, 0.5) is 11.5 Å². The van der Waals surface area contributed by atoms with Crippen LogP contribution in [0.1, 0.15) is 27.2 Å². The summed E-state index contributed by atoms with van der Waals surface area (Å²) in [6, 6.07) is 13.0. The molecule has 7 nitrogen and oxygen atoms in total. The van der Waals surface area contributed by atoms with Crippen LogP contribution in [0.2, 0.25) is 0 Å². The van der Waals surface area contributed by atoms with Gasteiger partial charge in [-0.1, -0.05) is 23.4 Å². The lowest BCUT2D eigenvalue weighted by Gasteiger charge is -2.11. The first kappa shape index (κ1) is 18.7. The Kier molecular flexibility index (Phi) is 5.00. The molecular formula is C19H19N3O4S. The molecule has 0 atom stereocenters. The first-order valence-electron chi connectivity index (χ1n) is 8.19. The van der Waals surface area contributed by atoms with Crippen molar-refractivity contribution in [2.45, 2.75) is 25.7 Å². The van der Waals surface area contributed by atoms with Gasteiger partial charge in [-0.15, -0.1) is 0 Å². The van der Waals surface area contributed by atoms with Gasteiger partial charge in [0.2, 0.25) is 0 Å². The van der Waals surface area contributed by atoms with Crippen molar-refractivity contribution >= 4 is 27.4 Å². The lowest BCUT2D eigenvalue weighted by Crippen LogP contribution is -2.17. The van der Waals surface area contributed by atoms with Gasteiger partial charge in [0.1, 0.15) is 5.76 Å². The van der Waals surface area contributed by atoms with E-state index in [1.165, 1.54) is 12.1 Å². The number of hydrogen-bond acceptors (Lipinski definition) is 5. The number of aryl methyl sites for hydroxylation is 3. The van der Waals surface area contributed by atoms with Gasteiger partial charge in [0, 0.05) is 17.3 Å². The fraction of sp³-hybridized carbons (Fsp3) is 0.158. The zero-order chi connectivity index (χ0) is 19.6. The molecule has 3 rings (SSSR count). The predicted octanol–water partition coefficient (Wildman–Crippen LogP) is 3.65. The van der Waals surface area contributed by atoms with Gasteiger partial charge in [-0.2, -0.15) is 0 Å². The molecule has 0 saturated carbocycles. The number of rotatable bonds is 5. The van der Waals surface area contributed by atoms with E-state index in [0.29, 0.717) is 17.0 Å². The summed E-state index contributed by atoms with van der Waals surface area (Å²) in [5.41, 5.74) is 2.27. The van der Waals surface area contributed by atoms with Crippen LogP contribution in [0, 0.1) is 20.8 Å². The summed E-state index contributed by atoms with van der Waals surface area (Å²) in [6.07, 6.45) is 0. The summed E-state index contributed by atoms with van der Waals surface area (Å²) in [6.45, 7) is 5.31. The topological polar surface area (TPSA) is 101 Å². The molecule has 140 valence electrons. The number of sulfonamides is 1. The zero-order valence-electron chi connectivity index (χ0n) is 15.1. The average Bonchev–Trinajstić information content (AvgIpc) is 2.99. The van der Waals surface area contributed by atoms with E-state index < -0.39 is 15.9 Å². The summed E-state index contributed by atoms with van der Waals surface area (Å²) in [4.78, 5) is 12.5. The predicted molar refractivity (Wildman–Crippen MR) is 102 cm³/mol. The first-order valence-corrected chi connectivity index (χ1v) is 9.68. The number of hydrogen-bond donors (Lipinski definition) is 2. The quantitative estimate of drug-likeness (QED) is 0.698. The van der Waals surface area contributed by atoms with Crippen LogP contribution < -0.4 is 10.0 Å². The lowest BCUT2D eigenvalue weighted by atomic mass is 10.1. The van der Waals surface area contributed by atoms with E-state index in [9.17, 15) is 13.2 Å². The highest BCUT2D eigenvalue weighted by atomic mass is 32.2. The molecule has 2 aromatic carbocycles. The highest BCUT2D eigenvalue weighted by molar-refractivity contribution is 7.92. The van der Waals surface area contributed by atoms with Crippen LogP contribution in [-0.4, -0.2) is 19.5 Å². The minimum atomic E-state index is -3.84. The van der Waals surface area contributed by atoms with Crippen LogP contribution >= 0.6 is 0 Å². The van der Waals surface area contributed by atoms with Crippen molar-refractivity contribution in [1.82, 2.24) is 5.16 Å². The summed E-state index contributed by atoms with van der Waals surface area (Å²) in [7, 11) is -3.84. The van der Waals surface area contributed by atoms with Crippen LogP contribution in [0.15, 0.2) is 57.9 Å². The number of nitrogens with zero attached hydrogens (tertiary/aromatic N) is 1. The maximum atomic E-state index is 12.7. The number of carbonyl (C=O) groups excluding carboxylic acids is 1. The summed E-state index contributed by atoms with van der Waals surface area (Å²) in [5.74, 6) is 0.358. The SMILES string of the molecule is Cc1cccc(NS(=O)(=O)c2ccc(C)c(C(=O)Nc3cc(C)on3)c2)c1. The van der Waals surface area contributed by atoms with Gasteiger partial charge in [-0.05, 0) is 56.2 Å². The lowest BCUT2D eigenvalue weighted by molar-refractivity contribution is 0.102. The van der Waals surface area contributed by atoms with E-state index in [4.69, 9.17) is 4.52 Å². The maximum absolute atomic E-state index is 12.7. The second-order valence-corrected chi connectivity index (χ2v) is 7.91. The van der Waals surface area contributed by atoms with Gasteiger partial charge >= 0.3 is 0 Å². The molecule has 0 unspecified atom stereocenters. The number of aromatic nitrogens is 1. The average molecular weight is 385 g/mol. The molecular weight excluding hydrogens is 366 g/mol. The fourth-order valence-corrected chi connectivity index (χ4v) is 3.62. The van der Waals surface area contributed by atoms with E-state index in [2.05, 4.69) is 15.2 Å². The Balaban J connectivity index is 1.88. The van der Waals surface area contributed by atoms with Gasteiger partial charge < -0.3 is 9.84 Å². The Morgan fingerprint density at radius 3 is 2.48 bits per heavy atom. The van der Waals surface area contributed by atoms with Gasteiger partial charge in [-0.3, -0.25) is 9.52 Å². The highest BCUT2D eigenvalue weighted by Gasteiger charge is 2.19. The second-order valence-electron chi connectivity index (χ2n) is 6.23. The Bertz CT molecular complexity index is 1100. The number of carbonyl (C=O) groups is 1. The molecule has 3 aromatic rings. The van der Waals surface area contributed by atoms with E-state index in [1.54, 1.807) is 44.2 Å². The molecule has 8 heteroatoms. The molecule has 0 saturated heterocycles. The van der Waals surface area contributed by atoms with Gasteiger partial charge in [0.25, 0.3) is 15.9 Å². The van der Waals surface area contributed by atoms with Crippen molar-refractivity contribution in [1.29, 1.82) is 0 Å². The van der Waals surface area contributed by atoms with Crippen LogP contribution in [0.5, 0.6) is 0 Å². The second kappa shape index (κ2) is 7.24. The van der Waals surface area contributed by atoms with E-state index in [1.807, 2.05) is 13.0 Å². The Morgan fingerprint density at radius 1 is 1.04 bits per heavy atom. The molecule has 0 aliphatic carbocycles. The molecule has 0 aliphatic heterocycles. The first-order chi connectivity index (χ1) is 12.7. The van der Waals surface area contributed by atoms with Crippen LogP contribution in [-0.2, 0) is 10.0 Å². The number of nitrogens with one attached hydrogen (secondary N) is 2. The molecule has 0 spiro atoms. The molecule has 27 heavy (non-hydrogen) atoms. The standard InChI is InChI=1S/C19H19N3O4S/c1-12-5-4-6-15(9-12)22-27(24,25)16-8-7-13(2)17(11-16)19(23)20-18-10-14(3)26-21-18/h4-11,22H,1-3H3,(H,20,21,23). The van der Waals surface area contributed by atoms with Crippen molar-refractivity contribution in [2.75, 3.05) is 10.0 Å². The minimum absolute atomic E-state index is 0.00362. The van der Waals surface area contributed by atoms with Crippen molar-refractivity contribution in [3.05, 3.63) is 71.0 Å². The Labute approximate surface area is 157 Å². The molecule has 1 aromatic heterocycles. The van der Waals surface area contributed by atoms with Crippen molar-refractivity contribution in [2.24, 2.45) is 0 Å². The minimum Gasteiger partial charge on any atom is -0.360 e. The largest absolute Gasteiger partial charge is 0.360 e. The third-order valence-electron chi connectivity index (χ3n) is 3.90.